The number of carbonyl (C=O) groups is 1. The second kappa shape index (κ2) is 8.38. The Kier molecular flexibility index (Phi) is 5.63. The first-order valence-corrected chi connectivity index (χ1v) is 11.5. The van der Waals surface area contributed by atoms with Crippen LogP contribution in [0.4, 0.5) is 4.39 Å². The minimum absolute atomic E-state index is 0.345. The maximum Gasteiger partial charge on any atom is 0.342 e. The topological polar surface area (TPSA) is 53.4 Å². The lowest BCUT2D eigenvalue weighted by molar-refractivity contribution is -0.160. The van der Waals surface area contributed by atoms with Crippen LogP contribution < -0.4 is 0 Å². The van der Waals surface area contributed by atoms with Crippen LogP contribution in [0.5, 0.6) is 0 Å². The molecule has 1 aliphatic heterocycles. The van der Waals surface area contributed by atoms with E-state index >= 15 is 0 Å². The van der Waals surface area contributed by atoms with Crippen molar-refractivity contribution in [3.8, 4) is 11.1 Å². The highest BCUT2D eigenvalue weighted by Gasteiger charge is 2.44. The number of benzene rings is 2. The molecule has 0 aliphatic carbocycles. The Bertz CT molecular complexity index is 1430. The van der Waals surface area contributed by atoms with Gasteiger partial charge in [0.2, 0.25) is 5.79 Å². The van der Waals surface area contributed by atoms with Gasteiger partial charge in [-0.3, -0.25) is 0 Å². The first-order chi connectivity index (χ1) is 16.1. The van der Waals surface area contributed by atoms with Gasteiger partial charge in [-0.05, 0) is 48.4 Å². The van der Waals surface area contributed by atoms with Crippen LogP contribution in [0.1, 0.15) is 36.8 Å². The third-order valence-corrected chi connectivity index (χ3v) is 6.45. The van der Waals surface area contributed by atoms with Gasteiger partial charge in [-0.15, -0.1) is 0 Å². The van der Waals surface area contributed by atoms with Crippen LogP contribution in [0.2, 0.25) is 10.0 Å². The largest absolute Gasteiger partial charge is 0.431 e. The summed E-state index contributed by atoms with van der Waals surface area (Å²) in [4.78, 5) is 17.6. The van der Waals surface area contributed by atoms with E-state index in [-0.39, 0.29) is 5.82 Å². The van der Waals surface area contributed by atoms with E-state index in [2.05, 4.69) is 0 Å². The SMILES string of the molecule is Cc1nc2c(ccn2Cc2ccc(F)cc2Cl)c(-c2ccc(Cl)cc2)c1[C@@H]1OC(C)(C)OC1=O. The Balaban J connectivity index is 1.71. The van der Waals surface area contributed by atoms with Gasteiger partial charge in [0, 0.05) is 52.3 Å². The van der Waals surface area contributed by atoms with Crippen molar-refractivity contribution in [2.45, 2.75) is 39.2 Å². The van der Waals surface area contributed by atoms with Crippen LogP contribution in [0.15, 0.2) is 54.7 Å². The van der Waals surface area contributed by atoms with Crippen molar-refractivity contribution in [1.82, 2.24) is 9.55 Å². The maximum absolute atomic E-state index is 13.5. The number of esters is 1. The van der Waals surface area contributed by atoms with Gasteiger partial charge in [-0.25, -0.2) is 14.2 Å². The summed E-state index contributed by atoms with van der Waals surface area (Å²) < 4.78 is 26.9. The molecule has 0 unspecified atom stereocenters. The van der Waals surface area contributed by atoms with Gasteiger partial charge >= 0.3 is 5.97 Å². The van der Waals surface area contributed by atoms with Crippen molar-refractivity contribution in [2.75, 3.05) is 0 Å². The van der Waals surface area contributed by atoms with Gasteiger partial charge < -0.3 is 14.0 Å². The van der Waals surface area contributed by atoms with Crippen LogP contribution in [-0.2, 0) is 20.8 Å². The summed E-state index contributed by atoms with van der Waals surface area (Å²) in [6.07, 6.45) is 0.991. The normalized spacial score (nSPS) is 17.4. The van der Waals surface area contributed by atoms with E-state index in [0.717, 1.165) is 22.1 Å². The fourth-order valence-corrected chi connectivity index (χ4v) is 4.72. The van der Waals surface area contributed by atoms with Gasteiger partial charge in [0.15, 0.2) is 6.10 Å². The molecule has 2 aromatic heterocycles. The molecule has 1 saturated heterocycles. The van der Waals surface area contributed by atoms with E-state index in [9.17, 15) is 9.18 Å². The number of aromatic nitrogens is 2. The number of aryl methyl sites for hydroxylation is 1. The molecule has 0 saturated carbocycles. The molecular formula is C26H21Cl2FN2O3. The van der Waals surface area contributed by atoms with Crippen molar-refractivity contribution in [3.05, 3.63) is 87.4 Å². The maximum atomic E-state index is 13.5. The van der Waals surface area contributed by atoms with E-state index < -0.39 is 17.9 Å². The Labute approximate surface area is 206 Å². The third kappa shape index (κ3) is 4.06. The summed E-state index contributed by atoms with van der Waals surface area (Å²) >= 11 is 12.4. The van der Waals surface area contributed by atoms with Crippen molar-refractivity contribution in [3.63, 3.8) is 0 Å². The zero-order valence-electron chi connectivity index (χ0n) is 18.7. The number of halogens is 3. The van der Waals surface area contributed by atoms with Gasteiger partial charge in [0.05, 0.1) is 6.54 Å². The van der Waals surface area contributed by atoms with Crippen LogP contribution in [0, 0.1) is 12.7 Å². The molecule has 174 valence electrons. The molecule has 1 fully saturated rings. The standard InChI is InChI=1S/C26H21Cl2FN2O3/c1-14-21(23-25(32)34-26(2,3)33-23)22(15-4-7-17(27)8-5-15)19-10-11-31(24(19)30-14)13-16-6-9-18(29)12-20(16)28/h4-12,23H,13H2,1-3H3/t23-/m0/s1. The molecular weight excluding hydrogens is 478 g/mol. The quantitative estimate of drug-likeness (QED) is 0.288. The zero-order chi connectivity index (χ0) is 24.2. The molecule has 5 nitrogen and oxygen atoms in total. The highest BCUT2D eigenvalue weighted by molar-refractivity contribution is 6.31. The minimum atomic E-state index is -1.04. The first kappa shape index (κ1) is 22.8. The Morgan fingerprint density at radius 1 is 1.12 bits per heavy atom. The molecule has 2 aromatic carbocycles. The van der Waals surface area contributed by atoms with Crippen LogP contribution >= 0.6 is 23.2 Å². The highest BCUT2D eigenvalue weighted by atomic mass is 35.5. The van der Waals surface area contributed by atoms with E-state index in [1.807, 2.05) is 35.9 Å². The van der Waals surface area contributed by atoms with Gasteiger partial charge in [-0.1, -0.05) is 41.4 Å². The molecule has 0 N–H and O–H groups in total. The lowest BCUT2D eigenvalue weighted by Crippen LogP contribution is -2.20. The van der Waals surface area contributed by atoms with Crippen LogP contribution in [0.3, 0.4) is 0 Å². The van der Waals surface area contributed by atoms with Crippen molar-refractivity contribution < 1.29 is 18.7 Å². The number of nitrogens with zero attached hydrogens (tertiary/aromatic N) is 2. The molecule has 8 heteroatoms. The highest BCUT2D eigenvalue weighted by Crippen LogP contribution is 2.43. The first-order valence-electron chi connectivity index (χ1n) is 10.7. The molecule has 5 rings (SSSR count). The zero-order valence-corrected chi connectivity index (χ0v) is 20.2. The monoisotopic (exact) mass is 498 g/mol. The fourth-order valence-electron chi connectivity index (χ4n) is 4.37. The second-order valence-corrected chi connectivity index (χ2v) is 9.57. The van der Waals surface area contributed by atoms with Gasteiger partial charge in [-0.2, -0.15) is 0 Å². The Morgan fingerprint density at radius 3 is 2.50 bits per heavy atom. The molecule has 34 heavy (non-hydrogen) atoms. The molecule has 0 radical (unpaired) electrons. The predicted molar refractivity (Wildman–Crippen MR) is 129 cm³/mol. The van der Waals surface area contributed by atoms with Crippen LogP contribution in [0.25, 0.3) is 22.2 Å². The van der Waals surface area contributed by atoms with Crippen molar-refractivity contribution >= 4 is 40.2 Å². The van der Waals surface area contributed by atoms with Crippen LogP contribution in [-0.4, -0.2) is 21.3 Å². The molecule has 1 aliphatic rings. The minimum Gasteiger partial charge on any atom is -0.431 e. The van der Waals surface area contributed by atoms with E-state index in [4.69, 9.17) is 37.7 Å². The molecule has 1 atom stereocenters. The Hall–Kier alpha value is -2.93. The molecule has 0 bridgehead atoms. The van der Waals surface area contributed by atoms with E-state index in [1.165, 1.54) is 12.1 Å². The molecule has 0 amide bonds. The summed E-state index contributed by atoms with van der Waals surface area (Å²) in [5, 5.41) is 1.79. The number of pyridine rings is 1. The third-order valence-electron chi connectivity index (χ3n) is 5.85. The number of fused-ring (bicyclic) bond motifs is 1. The summed E-state index contributed by atoms with van der Waals surface area (Å²) in [7, 11) is 0. The predicted octanol–water partition coefficient (Wildman–Crippen LogP) is 6.86. The summed E-state index contributed by atoms with van der Waals surface area (Å²) in [5.41, 5.74) is 4.46. The average molecular weight is 499 g/mol. The second-order valence-electron chi connectivity index (χ2n) is 8.73. The fraction of sp³-hybridized carbons (Fsp3) is 0.231. The lowest BCUT2D eigenvalue weighted by atomic mass is 9.93. The average Bonchev–Trinajstić information content (AvgIpc) is 3.28. The van der Waals surface area contributed by atoms with Crippen molar-refractivity contribution in [1.29, 1.82) is 0 Å². The number of hydrogen-bond acceptors (Lipinski definition) is 4. The number of cyclic esters (lactones) is 1. The number of rotatable bonds is 4. The summed E-state index contributed by atoms with van der Waals surface area (Å²) in [6, 6.07) is 13.7. The Morgan fingerprint density at radius 2 is 1.85 bits per heavy atom. The molecule has 3 heterocycles. The number of carbonyl (C=O) groups excluding carboxylic acids is 1. The summed E-state index contributed by atoms with van der Waals surface area (Å²) in [5.74, 6) is -1.88. The lowest BCUT2D eigenvalue weighted by Gasteiger charge is -2.19. The number of ether oxygens (including phenoxy) is 2. The molecule has 0 spiro atoms. The van der Waals surface area contributed by atoms with E-state index in [0.29, 0.717) is 33.5 Å². The van der Waals surface area contributed by atoms with Crippen molar-refractivity contribution in [2.24, 2.45) is 0 Å². The number of hydrogen-bond donors (Lipinski definition) is 0. The smallest absolute Gasteiger partial charge is 0.342 e. The summed E-state index contributed by atoms with van der Waals surface area (Å²) in [6.45, 7) is 5.66. The van der Waals surface area contributed by atoms with Gasteiger partial charge in [0.1, 0.15) is 11.5 Å². The molecule has 4 aromatic rings. The van der Waals surface area contributed by atoms with E-state index in [1.54, 1.807) is 32.0 Å². The van der Waals surface area contributed by atoms with Gasteiger partial charge in [0.25, 0.3) is 0 Å².